The molecule has 1 aliphatic heterocycles. The van der Waals surface area contributed by atoms with Crippen LogP contribution in [-0.4, -0.2) is 33.2 Å². The molecule has 1 amide bonds. The number of rotatable bonds is 9. The van der Waals surface area contributed by atoms with Crippen LogP contribution in [0.5, 0.6) is 11.5 Å². The molecule has 3 N–H and O–H groups in total. The average Bonchev–Trinajstić information content (AvgIpc) is 3.06. The minimum Gasteiger partial charge on any atom is -0.493 e. The highest BCUT2D eigenvalue weighted by atomic mass is 16.5. The number of nitrogens with one attached hydrogen (secondary N) is 3. The monoisotopic (exact) mass is 395 g/mol. The van der Waals surface area contributed by atoms with Crippen molar-refractivity contribution >= 4 is 22.9 Å². The topological polar surface area (TPSA) is 71.6 Å². The maximum absolute atomic E-state index is 12.7. The van der Waals surface area contributed by atoms with Crippen LogP contribution in [0, 0.1) is 0 Å². The molecule has 0 saturated carbocycles. The molecule has 0 unspecified atom stereocenters. The molecule has 0 aromatic heterocycles. The molecule has 1 heterocycles. The number of hydrogen-bond donors (Lipinski definition) is 3. The summed E-state index contributed by atoms with van der Waals surface area (Å²) in [6.45, 7) is 6.09. The van der Waals surface area contributed by atoms with Crippen LogP contribution < -0.4 is 25.4 Å². The van der Waals surface area contributed by atoms with Gasteiger partial charge < -0.3 is 25.4 Å². The van der Waals surface area contributed by atoms with Gasteiger partial charge in [-0.25, -0.2) is 0 Å². The van der Waals surface area contributed by atoms with Crippen LogP contribution in [0.4, 0.5) is 11.4 Å². The van der Waals surface area contributed by atoms with Crippen molar-refractivity contribution in [2.75, 3.05) is 37.9 Å². The van der Waals surface area contributed by atoms with E-state index >= 15 is 0 Å². The fourth-order valence-corrected chi connectivity index (χ4v) is 3.46. The minimum absolute atomic E-state index is 0.123. The molecular formula is C23H29N3O3. The number of anilines is 2. The van der Waals surface area contributed by atoms with Crippen LogP contribution >= 0.6 is 0 Å². The first-order chi connectivity index (χ1) is 14.1. The standard InChI is InChI=1S/C23H29N3O3/c1-5-18(25-16-9-7-15(8-10-16)11-12-24-6-2)22-17-13-20(28-3)21(29-4)14-19(17)26-23(22)27/h7-10,13-14,24-25H,5-6,11-12H2,1-4H3,(H,26,27). The van der Waals surface area contributed by atoms with Gasteiger partial charge in [0.25, 0.3) is 5.91 Å². The van der Waals surface area contributed by atoms with E-state index in [0.29, 0.717) is 23.5 Å². The van der Waals surface area contributed by atoms with Crippen LogP contribution in [-0.2, 0) is 11.2 Å². The summed E-state index contributed by atoms with van der Waals surface area (Å²) in [4.78, 5) is 12.7. The van der Waals surface area contributed by atoms with Gasteiger partial charge in [0.2, 0.25) is 0 Å². The molecule has 6 nitrogen and oxygen atoms in total. The molecule has 2 aromatic carbocycles. The van der Waals surface area contributed by atoms with Gasteiger partial charge in [-0.2, -0.15) is 0 Å². The molecule has 0 bridgehead atoms. The molecule has 3 rings (SSSR count). The van der Waals surface area contributed by atoms with Gasteiger partial charge in [-0.1, -0.05) is 26.0 Å². The Hall–Kier alpha value is -2.99. The molecule has 0 atom stereocenters. The third-order valence-electron chi connectivity index (χ3n) is 5.01. The van der Waals surface area contributed by atoms with Crippen LogP contribution in [0.15, 0.2) is 42.1 Å². The highest BCUT2D eigenvalue weighted by Gasteiger charge is 2.29. The first-order valence-corrected chi connectivity index (χ1v) is 9.98. The molecular weight excluding hydrogens is 366 g/mol. The van der Waals surface area contributed by atoms with Gasteiger partial charge in [0.15, 0.2) is 11.5 Å². The van der Waals surface area contributed by atoms with Gasteiger partial charge in [0, 0.05) is 23.0 Å². The van der Waals surface area contributed by atoms with Crippen molar-refractivity contribution in [2.24, 2.45) is 0 Å². The molecule has 0 spiro atoms. The van der Waals surface area contributed by atoms with Crippen molar-refractivity contribution in [1.29, 1.82) is 0 Å². The highest BCUT2D eigenvalue weighted by molar-refractivity contribution is 6.32. The lowest BCUT2D eigenvalue weighted by molar-refractivity contribution is -0.110. The van der Waals surface area contributed by atoms with E-state index in [2.05, 4.69) is 47.1 Å². The molecule has 0 fully saturated rings. The second-order valence-electron chi connectivity index (χ2n) is 6.84. The predicted octanol–water partition coefficient (Wildman–Crippen LogP) is 4.04. The lowest BCUT2D eigenvalue weighted by Gasteiger charge is -2.14. The Morgan fingerprint density at radius 1 is 1.03 bits per heavy atom. The van der Waals surface area contributed by atoms with Crippen LogP contribution in [0.25, 0.3) is 5.57 Å². The van der Waals surface area contributed by atoms with E-state index < -0.39 is 0 Å². The first-order valence-electron chi connectivity index (χ1n) is 9.98. The summed E-state index contributed by atoms with van der Waals surface area (Å²) >= 11 is 0. The van der Waals surface area contributed by atoms with Crippen molar-refractivity contribution < 1.29 is 14.3 Å². The third kappa shape index (κ3) is 4.54. The second kappa shape index (κ2) is 9.47. The Morgan fingerprint density at radius 2 is 1.72 bits per heavy atom. The Kier molecular flexibility index (Phi) is 6.77. The smallest absolute Gasteiger partial charge is 0.258 e. The van der Waals surface area contributed by atoms with E-state index in [9.17, 15) is 4.79 Å². The van der Waals surface area contributed by atoms with Gasteiger partial charge in [-0.05, 0) is 49.7 Å². The summed E-state index contributed by atoms with van der Waals surface area (Å²) in [5, 5.41) is 9.70. The van der Waals surface area contributed by atoms with Crippen molar-refractivity contribution in [2.45, 2.75) is 26.7 Å². The van der Waals surface area contributed by atoms with E-state index in [0.717, 1.165) is 42.1 Å². The number of fused-ring (bicyclic) bond motifs is 1. The molecule has 0 saturated heterocycles. The van der Waals surface area contributed by atoms with Gasteiger partial charge in [0.05, 0.1) is 25.5 Å². The Balaban J connectivity index is 1.88. The number of ether oxygens (including phenoxy) is 2. The number of benzene rings is 2. The lowest BCUT2D eigenvalue weighted by Crippen LogP contribution is -2.16. The number of methoxy groups -OCH3 is 2. The summed E-state index contributed by atoms with van der Waals surface area (Å²) in [7, 11) is 3.17. The molecule has 154 valence electrons. The maximum Gasteiger partial charge on any atom is 0.258 e. The van der Waals surface area contributed by atoms with Crippen LogP contribution in [0.1, 0.15) is 31.4 Å². The largest absolute Gasteiger partial charge is 0.493 e. The summed E-state index contributed by atoms with van der Waals surface area (Å²) in [5.74, 6) is 1.06. The minimum atomic E-state index is -0.123. The molecule has 2 aromatic rings. The molecule has 0 radical (unpaired) electrons. The highest BCUT2D eigenvalue weighted by Crippen LogP contribution is 2.42. The number of likely N-dealkylation sites (N-methyl/N-ethyl adjacent to an activating group) is 1. The Labute approximate surface area is 172 Å². The zero-order valence-electron chi connectivity index (χ0n) is 17.5. The van der Waals surface area contributed by atoms with E-state index in [4.69, 9.17) is 9.47 Å². The zero-order valence-corrected chi connectivity index (χ0v) is 17.5. The van der Waals surface area contributed by atoms with Crippen molar-refractivity contribution in [3.63, 3.8) is 0 Å². The Morgan fingerprint density at radius 3 is 2.34 bits per heavy atom. The van der Waals surface area contributed by atoms with E-state index in [1.54, 1.807) is 20.3 Å². The number of carbonyl (C=O) groups excluding carboxylic acids is 1. The van der Waals surface area contributed by atoms with Crippen molar-refractivity contribution in [3.05, 3.63) is 53.2 Å². The zero-order chi connectivity index (χ0) is 20.8. The van der Waals surface area contributed by atoms with Crippen molar-refractivity contribution in [1.82, 2.24) is 5.32 Å². The second-order valence-corrected chi connectivity index (χ2v) is 6.84. The van der Waals surface area contributed by atoms with Gasteiger partial charge >= 0.3 is 0 Å². The van der Waals surface area contributed by atoms with Gasteiger partial charge in [0.1, 0.15) is 0 Å². The quantitative estimate of drug-likeness (QED) is 0.441. The number of allylic oxidation sites excluding steroid dienone is 1. The number of amides is 1. The summed E-state index contributed by atoms with van der Waals surface area (Å²) in [6, 6.07) is 12.0. The van der Waals surface area contributed by atoms with Gasteiger partial charge in [-0.15, -0.1) is 0 Å². The maximum atomic E-state index is 12.7. The van der Waals surface area contributed by atoms with Crippen molar-refractivity contribution in [3.8, 4) is 11.5 Å². The number of carbonyl (C=O) groups is 1. The van der Waals surface area contributed by atoms with Crippen LogP contribution in [0.3, 0.4) is 0 Å². The molecule has 0 aliphatic carbocycles. The third-order valence-corrected chi connectivity index (χ3v) is 5.01. The molecule has 29 heavy (non-hydrogen) atoms. The fourth-order valence-electron chi connectivity index (χ4n) is 3.46. The summed E-state index contributed by atoms with van der Waals surface area (Å²) in [6.07, 6.45) is 1.69. The Bertz CT molecular complexity index is 904. The first kappa shape index (κ1) is 20.7. The summed E-state index contributed by atoms with van der Waals surface area (Å²) < 4.78 is 10.8. The van der Waals surface area contributed by atoms with Gasteiger partial charge in [-0.3, -0.25) is 4.79 Å². The summed E-state index contributed by atoms with van der Waals surface area (Å²) in [5.41, 5.74) is 5.30. The average molecular weight is 396 g/mol. The molecule has 1 aliphatic rings. The predicted molar refractivity (Wildman–Crippen MR) is 118 cm³/mol. The lowest BCUT2D eigenvalue weighted by atomic mass is 10.0. The van der Waals surface area contributed by atoms with E-state index in [1.165, 1.54) is 5.56 Å². The van der Waals surface area contributed by atoms with E-state index in [1.807, 2.05) is 13.0 Å². The van der Waals surface area contributed by atoms with E-state index in [-0.39, 0.29) is 5.91 Å². The fraction of sp³-hybridized carbons (Fsp3) is 0.348. The number of hydrogen-bond acceptors (Lipinski definition) is 5. The van der Waals surface area contributed by atoms with Crippen LogP contribution in [0.2, 0.25) is 0 Å². The molecule has 6 heteroatoms. The SMILES string of the molecule is CCNCCc1ccc(NC(CC)=C2C(=O)Nc3cc(OC)c(OC)cc32)cc1. The normalized spacial score (nSPS) is 14.3.